The third kappa shape index (κ3) is 2.47. The maximum absolute atomic E-state index is 13.0. The highest BCUT2D eigenvalue weighted by atomic mass is 16.6. The Morgan fingerprint density at radius 3 is 2.48 bits per heavy atom. The molecular weight excluding hydrogens is 340 g/mol. The van der Waals surface area contributed by atoms with Crippen LogP contribution >= 0.6 is 0 Å². The molecule has 0 aliphatic heterocycles. The fourth-order valence-corrected chi connectivity index (χ4v) is 8.12. The Balaban J connectivity index is 1.74. The normalized spacial score (nSPS) is 48.4. The van der Waals surface area contributed by atoms with Crippen LogP contribution in [0.3, 0.4) is 0 Å². The summed E-state index contributed by atoms with van der Waals surface area (Å²) in [6.07, 6.45) is 8.50. The van der Waals surface area contributed by atoms with Crippen LogP contribution in [0.4, 0.5) is 0 Å². The number of carbonyl (C=O) groups is 2. The van der Waals surface area contributed by atoms with Crippen molar-refractivity contribution in [2.24, 2.45) is 34.0 Å². The van der Waals surface area contributed by atoms with Gasteiger partial charge in [-0.3, -0.25) is 9.59 Å². The van der Waals surface area contributed by atoms with Crippen molar-refractivity contribution in [3.8, 4) is 0 Å². The molecule has 0 aromatic rings. The second kappa shape index (κ2) is 6.09. The third-order valence-electron chi connectivity index (χ3n) is 9.15. The Bertz CT molecular complexity index is 684. The van der Waals surface area contributed by atoms with Gasteiger partial charge in [0.25, 0.3) is 0 Å². The zero-order chi connectivity index (χ0) is 19.6. The van der Waals surface area contributed by atoms with Crippen LogP contribution in [0, 0.1) is 34.0 Å². The summed E-state index contributed by atoms with van der Waals surface area (Å²) in [6, 6.07) is 0. The van der Waals surface area contributed by atoms with E-state index >= 15 is 0 Å². The highest BCUT2D eigenvalue weighted by Crippen LogP contribution is 2.72. The number of esters is 2. The van der Waals surface area contributed by atoms with Gasteiger partial charge in [0.15, 0.2) is 0 Å². The van der Waals surface area contributed by atoms with E-state index in [2.05, 4.69) is 13.5 Å². The van der Waals surface area contributed by atoms with Gasteiger partial charge in [-0.1, -0.05) is 19.1 Å². The number of methoxy groups -OCH3 is 1. The summed E-state index contributed by atoms with van der Waals surface area (Å²) in [5.74, 6) is 1.01. The van der Waals surface area contributed by atoms with Crippen molar-refractivity contribution in [3.05, 3.63) is 12.2 Å². The molecule has 4 aliphatic rings. The molecule has 4 rings (SSSR count). The average molecular weight is 375 g/mol. The lowest BCUT2D eigenvalue weighted by Gasteiger charge is -2.64. The number of allylic oxidation sites excluding steroid dienone is 1. The van der Waals surface area contributed by atoms with Gasteiger partial charge in [0.2, 0.25) is 0 Å². The molecule has 0 unspecified atom stereocenters. The van der Waals surface area contributed by atoms with Crippen LogP contribution < -0.4 is 0 Å². The van der Waals surface area contributed by atoms with Gasteiger partial charge in [-0.05, 0) is 86.9 Å². The Morgan fingerprint density at radius 2 is 1.81 bits per heavy atom. The molecule has 27 heavy (non-hydrogen) atoms. The van der Waals surface area contributed by atoms with E-state index in [0.717, 1.165) is 25.7 Å². The predicted molar refractivity (Wildman–Crippen MR) is 103 cm³/mol. The SMILES string of the molecule is C=C1C[C@@]23CC[C@H]4[C@@](C)(CC[C@@H](OC(C)=O)[C@]4(C)C(=O)OC)[C@@H]2CC[C@@H]1C3. The van der Waals surface area contributed by atoms with E-state index in [1.807, 2.05) is 6.92 Å². The minimum Gasteiger partial charge on any atom is -0.468 e. The van der Waals surface area contributed by atoms with E-state index in [4.69, 9.17) is 9.47 Å². The van der Waals surface area contributed by atoms with E-state index in [-0.39, 0.29) is 29.4 Å². The van der Waals surface area contributed by atoms with Crippen LogP contribution in [0.5, 0.6) is 0 Å². The van der Waals surface area contributed by atoms with Gasteiger partial charge in [-0.25, -0.2) is 0 Å². The second-order valence-electron chi connectivity index (χ2n) is 10.2. The van der Waals surface area contributed by atoms with Gasteiger partial charge in [0, 0.05) is 6.92 Å². The van der Waals surface area contributed by atoms with Crippen molar-refractivity contribution in [2.45, 2.75) is 78.2 Å². The Labute approximate surface area is 163 Å². The minimum atomic E-state index is -0.762. The molecule has 0 amide bonds. The van der Waals surface area contributed by atoms with Gasteiger partial charge in [-0.2, -0.15) is 0 Å². The van der Waals surface area contributed by atoms with Crippen molar-refractivity contribution in [2.75, 3.05) is 7.11 Å². The maximum Gasteiger partial charge on any atom is 0.315 e. The molecule has 0 aromatic carbocycles. The molecule has 2 bridgehead atoms. The van der Waals surface area contributed by atoms with Gasteiger partial charge in [-0.15, -0.1) is 0 Å². The Morgan fingerprint density at radius 1 is 1.07 bits per heavy atom. The lowest BCUT2D eigenvalue weighted by molar-refractivity contribution is -0.214. The topological polar surface area (TPSA) is 52.6 Å². The number of fused-ring (bicyclic) bond motifs is 3. The molecule has 0 radical (unpaired) electrons. The zero-order valence-electron chi connectivity index (χ0n) is 17.3. The number of rotatable bonds is 2. The molecule has 150 valence electrons. The largest absolute Gasteiger partial charge is 0.468 e. The average Bonchev–Trinajstić information content (AvgIpc) is 2.85. The molecule has 4 fully saturated rings. The van der Waals surface area contributed by atoms with Crippen LogP contribution in [0.15, 0.2) is 12.2 Å². The zero-order valence-corrected chi connectivity index (χ0v) is 17.3. The van der Waals surface area contributed by atoms with E-state index in [0.29, 0.717) is 17.3 Å². The highest BCUT2D eigenvalue weighted by molar-refractivity contribution is 5.79. The molecule has 7 atom stereocenters. The van der Waals surface area contributed by atoms with Crippen LogP contribution in [-0.2, 0) is 19.1 Å². The fraction of sp³-hybridized carbons (Fsp3) is 0.826. The van der Waals surface area contributed by atoms with Crippen LogP contribution in [0.1, 0.15) is 72.1 Å². The summed E-state index contributed by atoms with van der Waals surface area (Å²) in [5.41, 5.74) is 1.18. The summed E-state index contributed by atoms with van der Waals surface area (Å²) in [6.45, 7) is 10.2. The van der Waals surface area contributed by atoms with E-state index in [1.165, 1.54) is 45.3 Å². The molecule has 0 aromatic heterocycles. The molecule has 0 N–H and O–H groups in total. The first-order valence-electron chi connectivity index (χ1n) is 10.6. The Kier molecular flexibility index (Phi) is 4.29. The van der Waals surface area contributed by atoms with Crippen molar-refractivity contribution in [1.82, 2.24) is 0 Å². The quantitative estimate of drug-likeness (QED) is 0.521. The second-order valence-corrected chi connectivity index (χ2v) is 10.2. The molecule has 4 nitrogen and oxygen atoms in total. The lowest BCUT2D eigenvalue weighted by Crippen LogP contribution is -2.63. The van der Waals surface area contributed by atoms with Gasteiger partial charge < -0.3 is 9.47 Å². The molecule has 1 spiro atoms. The Hall–Kier alpha value is -1.32. The van der Waals surface area contributed by atoms with E-state index in [1.54, 1.807) is 0 Å². The number of hydrogen-bond donors (Lipinski definition) is 0. The van der Waals surface area contributed by atoms with Crippen molar-refractivity contribution < 1.29 is 19.1 Å². The molecule has 0 heterocycles. The molecule has 0 saturated heterocycles. The van der Waals surface area contributed by atoms with Crippen LogP contribution in [0.2, 0.25) is 0 Å². The van der Waals surface area contributed by atoms with Crippen LogP contribution in [-0.4, -0.2) is 25.2 Å². The van der Waals surface area contributed by atoms with Crippen molar-refractivity contribution >= 4 is 11.9 Å². The number of hydrogen-bond acceptors (Lipinski definition) is 4. The highest BCUT2D eigenvalue weighted by Gasteiger charge is 2.68. The van der Waals surface area contributed by atoms with E-state index < -0.39 is 5.41 Å². The maximum atomic E-state index is 13.0. The third-order valence-corrected chi connectivity index (χ3v) is 9.15. The lowest BCUT2D eigenvalue weighted by atomic mass is 9.40. The summed E-state index contributed by atoms with van der Waals surface area (Å²) < 4.78 is 10.9. The van der Waals surface area contributed by atoms with E-state index in [9.17, 15) is 9.59 Å². The van der Waals surface area contributed by atoms with Gasteiger partial charge in [0.1, 0.15) is 11.5 Å². The van der Waals surface area contributed by atoms with Gasteiger partial charge >= 0.3 is 11.9 Å². The first kappa shape index (κ1) is 19.0. The standard InChI is InChI=1S/C23H34O4/c1-14-12-23-11-8-17-21(3,18(23)7-6-16(14)13-23)10-9-19(27-15(2)24)22(17,4)20(25)26-5/h16-19H,1,6-13H2,2-5H3/t16-,17+,18+,19-,21-,22-,23-/m1/s1. The summed E-state index contributed by atoms with van der Waals surface area (Å²) in [5, 5.41) is 0. The summed E-state index contributed by atoms with van der Waals surface area (Å²) in [4.78, 5) is 24.8. The first-order chi connectivity index (χ1) is 12.7. The summed E-state index contributed by atoms with van der Waals surface area (Å²) in [7, 11) is 1.46. The predicted octanol–water partition coefficient (Wildman–Crippen LogP) is 4.67. The molecule has 4 heteroatoms. The molecule has 4 aliphatic carbocycles. The monoisotopic (exact) mass is 374 g/mol. The number of carbonyl (C=O) groups excluding carboxylic acids is 2. The van der Waals surface area contributed by atoms with Crippen molar-refractivity contribution in [1.29, 1.82) is 0 Å². The summed E-state index contributed by atoms with van der Waals surface area (Å²) >= 11 is 0. The molecular formula is C23H34O4. The van der Waals surface area contributed by atoms with Gasteiger partial charge in [0.05, 0.1) is 7.11 Å². The first-order valence-corrected chi connectivity index (χ1v) is 10.6. The minimum absolute atomic E-state index is 0.0907. The van der Waals surface area contributed by atoms with Crippen molar-refractivity contribution in [3.63, 3.8) is 0 Å². The number of ether oxygens (including phenoxy) is 2. The van der Waals surface area contributed by atoms with Crippen LogP contribution in [0.25, 0.3) is 0 Å². The smallest absolute Gasteiger partial charge is 0.315 e. The molecule has 4 saturated carbocycles. The fourth-order valence-electron chi connectivity index (χ4n) is 8.12.